The van der Waals surface area contributed by atoms with E-state index in [1.807, 2.05) is 38.1 Å². The van der Waals surface area contributed by atoms with Gasteiger partial charge in [-0.25, -0.2) is 0 Å². The van der Waals surface area contributed by atoms with Crippen molar-refractivity contribution >= 4 is 23.2 Å². The molecule has 0 aliphatic rings. The molecule has 0 aromatic heterocycles. The standard InChI is InChI=1S/C22H24N2O4.2Na/c1-13-9-17(5-7-19(13)23-21(27)11-15(3)25)18-6-8-20(14(2)10-18)24-22(28)12-16(4)26;;/h5-12,25-26H,1-4H3,(H,23,27)(H,24,28);;/q;2*+1/p-2/b15-11-,16-12-;;. The number of carbonyl (C=O) groups excluding carboxylic acids is 2. The Morgan fingerprint density at radius 1 is 0.733 bits per heavy atom. The number of amides is 2. The van der Waals surface area contributed by atoms with Crippen LogP contribution in [0.2, 0.25) is 0 Å². The number of allylic oxidation sites excluding steroid dienone is 2. The topological polar surface area (TPSA) is 104 Å². The monoisotopic (exact) mass is 424 g/mol. The van der Waals surface area contributed by atoms with Gasteiger partial charge in [-0.2, -0.15) is 0 Å². The predicted molar refractivity (Wildman–Crippen MR) is 106 cm³/mol. The van der Waals surface area contributed by atoms with Crippen LogP contribution in [-0.4, -0.2) is 11.8 Å². The quantitative estimate of drug-likeness (QED) is 0.294. The van der Waals surface area contributed by atoms with E-state index in [4.69, 9.17) is 0 Å². The zero-order valence-corrected chi connectivity index (χ0v) is 22.3. The van der Waals surface area contributed by atoms with Gasteiger partial charge >= 0.3 is 59.1 Å². The molecule has 0 aliphatic heterocycles. The first kappa shape index (κ1) is 28.5. The number of rotatable bonds is 5. The number of benzene rings is 2. The van der Waals surface area contributed by atoms with Crippen LogP contribution in [0.25, 0.3) is 11.1 Å². The van der Waals surface area contributed by atoms with Gasteiger partial charge in [0.25, 0.3) is 0 Å². The third-order valence-electron chi connectivity index (χ3n) is 3.97. The van der Waals surface area contributed by atoms with Gasteiger partial charge in [-0.05, 0) is 72.5 Å². The third-order valence-corrected chi connectivity index (χ3v) is 3.97. The van der Waals surface area contributed by atoms with Gasteiger partial charge in [0.05, 0.1) is 0 Å². The van der Waals surface area contributed by atoms with Crippen LogP contribution in [0.4, 0.5) is 11.4 Å². The van der Waals surface area contributed by atoms with Gasteiger partial charge in [0.15, 0.2) is 0 Å². The fourth-order valence-electron chi connectivity index (χ4n) is 2.67. The van der Waals surface area contributed by atoms with E-state index in [1.54, 1.807) is 12.1 Å². The number of anilines is 2. The molecule has 0 saturated heterocycles. The second kappa shape index (κ2) is 13.0. The maximum absolute atomic E-state index is 11.7. The van der Waals surface area contributed by atoms with Gasteiger partial charge in [0.2, 0.25) is 11.8 Å². The van der Waals surface area contributed by atoms with Gasteiger partial charge in [0, 0.05) is 11.4 Å². The fourth-order valence-corrected chi connectivity index (χ4v) is 2.67. The maximum Gasteiger partial charge on any atom is 1.00 e. The Balaban J connectivity index is 0.00000420. The SMILES string of the molecule is C/C([O-])=C/C(=O)Nc1ccc(-c2ccc(NC(=O)/C=C(/C)[O-])c(C)c2)cc1C.[Na+].[Na+]. The molecule has 0 radical (unpaired) electrons. The van der Waals surface area contributed by atoms with Crippen LogP contribution in [0.3, 0.4) is 0 Å². The molecule has 2 rings (SSSR count). The number of hydrogen-bond donors (Lipinski definition) is 2. The molecule has 0 heterocycles. The molecule has 8 heteroatoms. The minimum Gasteiger partial charge on any atom is -0.875 e. The van der Waals surface area contributed by atoms with Crippen molar-refractivity contribution in [3.8, 4) is 11.1 Å². The molecule has 2 amide bonds. The van der Waals surface area contributed by atoms with Crippen LogP contribution in [0, 0.1) is 13.8 Å². The molecule has 0 spiro atoms. The molecule has 0 aliphatic carbocycles. The molecule has 146 valence electrons. The van der Waals surface area contributed by atoms with Crippen molar-refractivity contribution in [2.75, 3.05) is 10.6 Å². The Hall–Kier alpha value is -1.54. The summed E-state index contributed by atoms with van der Waals surface area (Å²) >= 11 is 0. The first-order chi connectivity index (χ1) is 13.2. The number of nitrogens with one attached hydrogen (secondary N) is 2. The van der Waals surface area contributed by atoms with Crippen molar-refractivity contribution in [1.82, 2.24) is 0 Å². The van der Waals surface area contributed by atoms with Crippen molar-refractivity contribution in [3.63, 3.8) is 0 Å². The summed E-state index contributed by atoms with van der Waals surface area (Å²) in [5, 5.41) is 27.3. The summed E-state index contributed by atoms with van der Waals surface area (Å²) < 4.78 is 0. The van der Waals surface area contributed by atoms with E-state index in [0.29, 0.717) is 11.4 Å². The molecule has 2 aromatic rings. The molecule has 2 aromatic carbocycles. The molecule has 30 heavy (non-hydrogen) atoms. The summed E-state index contributed by atoms with van der Waals surface area (Å²) in [7, 11) is 0. The van der Waals surface area contributed by atoms with Crippen LogP contribution in [0.1, 0.15) is 25.0 Å². The van der Waals surface area contributed by atoms with Crippen molar-refractivity contribution in [3.05, 3.63) is 71.2 Å². The molecule has 6 nitrogen and oxygen atoms in total. The van der Waals surface area contributed by atoms with E-state index in [-0.39, 0.29) is 70.6 Å². The van der Waals surface area contributed by atoms with Crippen LogP contribution >= 0.6 is 0 Å². The Bertz CT molecular complexity index is 898. The zero-order chi connectivity index (χ0) is 20.8. The minimum absolute atomic E-state index is 0. The first-order valence-corrected chi connectivity index (χ1v) is 8.70. The Morgan fingerprint density at radius 3 is 1.33 bits per heavy atom. The number of carbonyl (C=O) groups is 2. The molecule has 0 atom stereocenters. The fraction of sp³-hybridized carbons (Fsp3) is 0.182. The summed E-state index contributed by atoms with van der Waals surface area (Å²) in [5.41, 5.74) is 4.87. The summed E-state index contributed by atoms with van der Waals surface area (Å²) in [6, 6.07) is 11.2. The van der Waals surface area contributed by atoms with Crippen LogP contribution < -0.4 is 80.0 Å². The Morgan fingerprint density at radius 2 is 1.07 bits per heavy atom. The minimum atomic E-state index is -0.457. The van der Waals surface area contributed by atoms with E-state index < -0.39 is 11.8 Å². The molecular weight excluding hydrogens is 402 g/mol. The molecule has 0 unspecified atom stereocenters. The predicted octanol–water partition coefficient (Wildman–Crippen LogP) is -3.62. The van der Waals surface area contributed by atoms with Crippen molar-refractivity contribution < 1.29 is 78.9 Å². The van der Waals surface area contributed by atoms with Gasteiger partial charge in [-0.15, -0.1) is 11.5 Å². The first-order valence-electron chi connectivity index (χ1n) is 8.70. The Kier molecular flexibility index (Phi) is 12.3. The summed E-state index contributed by atoms with van der Waals surface area (Å²) in [6.45, 7) is 6.38. The largest absolute Gasteiger partial charge is 1.00 e. The number of aryl methyl sites for hydroxylation is 2. The van der Waals surface area contributed by atoms with Gasteiger partial charge in [0.1, 0.15) is 0 Å². The van der Waals surface area contributed by atoms with Crippen molar-refractivity contribution in [2.45, 2.75) is 27.7 Å². The van der Waals surface area contributed by atoms with Crippen LogP contribution in [0.15, 0.2) is 60.1 Å². The second-order valence-corrected chi connectivity index (χ2v) is 6.55. The van der Waals surface area contributed by atoms with E-state index in [1.165, 1.54) is 13.8 Å². The summed E-state index contributed by atoms with van der Waals surface area (Å²) in [5.74, 6) is -1.53. The summed E-state index contributed by atoms with van der Waals surface area (Å²) in [6.07, 6.45) is 2.01. The van der Waals surface area contributed by atoms with E-state index in [2.05, 4.69) is 10.6 Å². The summed E-state index contributed by atoms with van der Waals surface area (Å²) in [4.78, 5) is 23.4. The average Bonchev–Trinajstić information content (AvgIpc) is 2.57. The van der Waals surface area contributed by atoms with E-state index in [0.717, 1.165) is 34.4 Å². The molecule has 0 fully saturated rings. The third kappa shape index (κ3) is 8.68. The molecule has 0 bridgehead atoms. The van der Waals surface area contributed by atoms with Gasteiger partial charge in [-0.3, -0.25) is 9.59 Å². The van der Waals surface area contributed by atoms with Gasteiger partial charge < -0.3 is 20.8 Å². The Labute approximate surface area is 221 Å². The second-order valence-electron chi connectivity index (χ2n) is 6.55. The van der Waals surface area contributed by atoms with Gasteiger partial charge in [-0.1, -0.05) is 26.0 Å². The average molecular weight is 424 g/mol. The van der Waals surface area contributed by atoms with Crippen molar-refractivity contribution in [1.29, 1.82) is 0 Å². The van der Waals surface area contributed by atoms with E-state index in [9.17, 15) is 19.8 Å². The maximum atomic E-state index is 11.7. The van der Waals surface area contributed by atoms with Crippen LogP contribution in [-0.2, 0) is 9.59 Å². The van der Waals surface area contributed by atoms with E-state index >= 15 is 0 Å². The molecule has 2 N–H and O–H groups in total. The molecule has 0 saturated carbocycles. The smallest absolute Gasteiger partial charge is 0.875 e. The molecular formula is C22H22N2Na2O4. The normalized spacial score (nSPS) is 11.1. The number of hydrogen-bond acceptors (Lipinski definition) is 4. The van der Waals surface area contributed by atoms with Crippen molar-refractivity contribution in [2.24, 2.45) is 0 Å². The van der Waals surface area contributed by atoms with Crippen LogP contribution in [0.5, 0.6) is 0 Å². The zero-order valence-electron chi connectivity index (χ0n) is 18.3.